The van der Waals surface area contributed by atoms with Crippen LogP contribution in [0.1, 0.15) is 0 Å². The molecule has 72 valence electrons. The highest BCUT2D eigenvalue weighted by Gasteiger charge is 2.30. The monoisotopic (exact) mass is 216 g/mol. The molecule has 0 saturated heterocycles. The highest BCUT2D eigenvalue weighted by atomic mass is 28.4. The molecule has 0 aliphatic carbocycles. The van der Waals surface area contributed by atoms with Crippen LogP contribution in [0.2, 0.25) is 19.6 Å². The van der Waals surface area contributed by atoms with Gasteiger partial charge in [-0.25, -0.2) is 0 Å². The van der Waals surface area contributed by atoms with Gasteiger partial charge in [0.15, 0.2) is 0 Å². The fraction of sp³-hybridized carbons (Fsp3) is 0.333. The number of hydrogen-bond donors (Lipinski definition) is 0. The average molecular weight is 216 g/mol. The number of benzene rings is 1. The molecular formula is C9H14F2Si2. The van der Waals surface area contributed by atoms with Crippen LogP contribution in [0, 0.1) is 0 Å². The van der Waals surface area contributed by atoms with E-state index in [9.17, 15) is 8.22 Å². The van der Waals surface area contributed by atoms with Crippen molar-refractivity contribution in [3.05, 3.63) is 24.3 Å². The van der Waals surface area contributed by atoms with Crippen molar-refractivity contribution in [1.82, 2.24) is 0 Å². The Kier molecular flexibility index (Phi) is 3.03. The van der Waals surface area contributed by atoms with Crippen molar-refractivity contribution in [2.24, 2.45) is 0 Å². The third-order valence-electron chi connectivity index (χ3n) is 2.08. The summed E-state index contributed by atoms with van der Waals surface area (Å²) in [6.45, 7) is 5.45. The van der Waals surface area contributed by atoms with E-state index in [0.29, 0.717) is 0 Å². The minimum absolute atomic E-state index is 0.242. The summed E-state index contributed by atoms with van der Waals surface area (Å²) >= 11 is 0. The standard InChI is InChI=1S/C9H14F2Si2/c1-12(2)8-4-6-9(7-5-8)13(3,10)11/h4-7,12H,1-3H3. The van der Waals surface area contributed by atoms with E-state index in [2.05, 4.69) is 13.1 Å². The maximum atomic E-state index is 12.9. The van der Waals surface area contributed by atoms with Gasteiger partial charge in [-0.3, -0.25) is 8.22 Å². The molecule has 0 aliphatic heterocycles. The molecule has 0 saturated carbocycles. The van der Waals surface area contributed by atoms with Crippen LogP contribution in [0.4, 0.5) is 8.22 Å². The normalized spacial score (nSPS) is 12.2. The molecule has 0 aromatic heterocycles. The smallest absolute Gasteiger partial charge is 0.265 e. The van der Waals surface area contributed by atoms with E-state index >= 15 is 0 Å². The van der Waals surface area contributed by atoms with Crippen LogP contribution in [0.3, 0.4) is 0 Å². The molecule has 0 atom stereocenters. The number of hydrogen-bond acceptors (Lipinski definition) is 0. The van der Waals surface area contributed by atoms with Crippen molar-refractivity contribution in [2.75, 3.05) is 0 Å². The quantitative estimate of drug-likeness (QED) is 0.520. The molecule has 4 heteroatoms. The second-order valence-corrected chi connectivity index (χ2v) is 9.00. The Morgan fingerprint density at radius 2 is 1.54 bits per heavy atom. The predicted molar refractivity (Wildman–Crippen MR) is 58.4 cm³/mol. The lowest BCUT2D eigenvalue weighted by atomic mass is 10.4. The molecule has 0 amide bonds. The fourth-order valence-corrected chi connectivity index (χ4v) is 2.87. The molecule has 1 aromatic carbocycles. The molecule has 0 radical (unpaired) electrons. The zero-order chi connectivity index (χ0) is 10.1. The summed E-state index contributed by atoms with van der Waals surface area (Å²) in [5, 5.41) is 1.49. The van der Waals surface area contributed by atoms with Crippen LogP contribution in [0.15, 0.2) is 24.3 Å². The molecule has 0 N–H and O–H groups in total. The van der Waals surface area contributed by atoms with E-state index in [-0.39, 0.29) is 5.19 Å². The number of halogens is 2. The third kappa shape index (κ3) is 2.74. The van der Waals surface area contributed by atoms with Gasteiger partial charge in [0.2, 0.25) is 0 Å². The second kappa shape index (κ2) is 3.71. The van der Waals surface area contributed by atoms with Gasteiger partial charge in [-0.1, -0.05) is 42.5 Å². The van der Waals surface area contributed by atoms with Gasteiger partial charge < -0.3 is 0 Å². The van der Waals surface area contributed by atoms with Gasteiger partial charge in [-0.15, -0.1) is 0 Å². The Morgan fingerprint density at radius 3 is 1.85 bits per heavy atom. The largest absolute Gasteiger partial charge is 0.452 e. The molecule has 0 fully saturated rings. The predicted octanol–water partition coefficient (Wildman–Crippen LogP) is 1.60. The molecule has 1 aromatic rings. The Balaban J connectivity index is 2.94. The first-order valence-corrected chi connectivity index (χ1v) is 9.54. The minimum Gasteiger partial charge on any atom is -0.265 e. The molecule has 0 heterocycles. The summed E-state index contributed by atoms with van der Waals surface area (Å²) in [7, 11) is -4.91. The topological polar surface area (TPSA) is 0 Å². The third-order valence-corrected chi connectivity index (χ3v) is 5.15. The zero-order valence-corrected chi connectivity index (χ0v) is 10.3. The molecule has 0 aliphatic rings. The lowest BCUT2D eigenvalue weighted by Crippen LogP contribution is -2.36. The Labute approximate surface area is 80.6 Å². The first-order chi connectivity index (χ1) is 5.91. The zero-order valence-electron chi connectivity index (χ0n) is 8.14. The van der Waals surface area contributed by atoms with Crippen LogP contribution < -0.4 is 10.4 Å². The maximum Gasteiger partial charge on any atom is 0.452 e. The van der Waals surface area contributed by atoms with Gasteiger partial charge in [0, 0.05) is 5.19 Å². The van der Waals surface area contributed by atoms with Gasteiger partial charge in [0.05, 0.1) is 8.80 Å². The van der Waals surface area contributed by atoms with Crippen molar-refractivity contribution >= 4 is 27.9 Å². The van der Waals surface area contributed by atoms with Crippen molar-refractivity contribution in [1.29, 1.82) is 0 Å². The molecule has 0 bridgehead atoms. The van der Waals surface area contributed by atoms with Crippen molar-refractivity contribution < 1.29 is 8.22 Å². The molecule has 0 nitrogen and oxygen atoms in total. The van der Waals surface area contributed by atoms with Crippen LogP contribution in [0.25, 0.3) is 0 Å². The van der Waals surface area contributed by atoms with Crippen LogP contribution in [0.5, 0.6) is 0 Å². The molecule has 0 spiro atoms. The lowest BCUT2D eigenvalue weighted by molar-refractivity contribution is 0.642. The van der Waals surface area contributed by atoms with Gasteiger partial charge in [0.25, 0.3) is 0 Å². The second-order valence-electron chi connectivity index (χ2n) is 3.67. The van der Waals surface area contributed by atoms with Gasteiger partial charge in [-0.2, -0.15) is 0 Å². The first kappa shape index (κ1) is 10.6. The maximum absolute atomic E-state index is 12.9. The van der Waals surface area contributed by atoms with E-state index in [1.165, 1.54) is 5.19 Å². The highest BCUT2D eigenvalue weighted by Crippen LogP contribution is 2.05. The summed E-state index contributed by atoms with van der Waals surface area (Å²) in [5.74, 6) is 0. The minimum atomic E-state index is -4.08. The van der Waals surface area contributed by atoms with E-state index in [1.54, 1.807) is 12.1 Å². The van der Waals surface area contributed by atoms with Crippen LogP contribution >= 0.6 is 0 Å². The van der Waals surface area contributed by atoms with Crippen LogP contribution in [-0.4, -0.2) is 17.5 Å². The SMILES string of the molecule is C[SiH](C)c1ccc([Si](C)(F)F)cc1. The Bertz CT molecular complexity index is 275. The van der Waals surface area contributed by atoms with Crippen LogP contribution in [-0.2, 0) is 0 Å². The van der Waals surface area contributed by atoms with Crippen molar-refractivity contribution in [2.45, 2.75) is 19.6 Å². The van der Waals surface area contributed by atoms with E-state index in [0.717, 1.165) is 6.55 Å². The molecule has 0 unspecified atom stereocenters. The fourth-order valence-electron chi connectivity index (χ4n) is 1.16. The average Bonchev–Trinajstić information content (AvgIpc) is 2.03. The van der Waals surface area contributed by atoms with Gasteiger partial charge >= 0.3 is 8.74 Å². The Morgan fingerprint density at radius 1 is 1.08 bits per heavy atom. The lowest BCUT2D eigenvalue weighted by Gasteiger charge is -2.09. The van der Waals surface area contributed by atoms with Crippen molar-refractivity contribution in [3.8, 4) is 0 Å². The number of rotatable bonds is 2. The summed E-state index contributed by atoms with van der Waals surface area (Å²) < 4.78 is 25.9. The summed E-state index contributed by atoms with van der Waals surface area (Å²) in [4.78, 5) is 0. The van der Waals surface area contributed by atoms with Crippen molar-refractivity contribution in [3.63, 3.8) is 0 Å². The molecule has 13 heavy (non-hydrogen) atoms. The highest BCUT2D eigenvalue weighted by molar-refractivity contribution is 6.79. The summed E-state index contributed by atoms with van der Waals surface area (Å²) in [6, 6.07) is 6.90. The first-order valence-electron chi connectivity index (χ1n) is 4.39. The summed E-state index contributed by atoms with van der Waals surface area (Å²) in [5.41, 5.74) is 0. The van der Waals surface area contributed by atoms with Gasteiger partial charge in [0.1, 0.15) is 0 Å². The van der Waals surface area contributed by atoms with E-state index in [1.807, 2.05) is 12.1 Å². The van der Waals surface area contributed by atoms with E-state index in [4.69, 9.17) is 0 Å². The molecular weight excluding hydrogens is 202 g/mol. The van der Waals surface area contributed by atoms with E-state index < -0.39 is 17.5 Å². The molecule has 1 rings (SSSR count). The van der Waals surface area contributed by atoms with Gasteiger partial charge in [-0.05, 0) is 6.55 Å². The summed E-state index contributed by atoms with van der Waals surface area (Å²) in [6.07, 6.45) is 0. The Hall–Kier alpha value is -0.486.